The van der Waals surface area contributed by atoms with Gasteiger partial charge in [0.1, 0.15) is 17.5 Å². The zero-order valence-corrected chi connectivity index (χ0v) is 17.9. The summed E-state index contributed by atoms with van der Waals surface area (Å²) in [5.74, 6) is -0.410. The van der Waals surface area contributed by atoms with Crippen LogP contribution in [0.2, 0.25) is 0 Å². The number of fused-ring (bicyclic) bond motifs is 1. The van der Waals surface area contributed by atoms with Crippen LogP contribution in [0, 0.1) is 18.3 Å². The number of nitrogens with zero attached hydrogens (tertiary/aromatic N) is 2. The van der Waals surface area contributed by atoms with E-state index in [-0.39, 0.29) is 17.2 Å². The molecule has 0 bridgehead atoms. The fraction of sp³-hybridized carbons (Fsp3) is 0.280. The minimum atomic E-state index is -0.446. The fourth-order valence-corrected chi connectivity index (χ4v) is 3.35. The van der Waals surface area contributed by atoms with Gasteiger partial charge in [0, 0.05) is 23.2 Å². The van der Waals surface area contributed by atoms with Crippen molar-refractivity contribution in [3.63, 3.8) is 0 Å². The van der Waals surface area contributed by atoms with Gasteiger partial charge in [-0.05, 0) is 25.5 Å². The van der Waals surface area contributed by atoms with Crippen molar-refractivity contribution in [3.05, 3.63) is 76.4 Å². The van der Waals surface area contributed by atoms with Crippen molar-refractivity contribution >= 4 is 23.3 Å². The van der Waals surface area contributed by atoms with Crippen LogP contribution in [0.5, 0.6) is 0 Å². The number of hydrogen-bond donors (Lipinski definition) is 2. The van der Waals surface area contributed by atoms with Gasteiger partial charge in [0.25, 0.3) is 11.8 Å². The standard InChI is InChI=1S/C25H26N4O2/c1-3-4-5-8-15-27-25(31)21(16-26)22-19-9-6-7-10-20(19)23(28-22)29-24(30)18-13-11-17(2)12-14-18/h6-7,9-14H,3-5,8,15H2,1-2H3,(H,27,31)(H,28,29,30)/b22-21-. The lowest BCUT2D eigenvalue weighted by molar-refractivity contribution is -0.117. The number of nitrogens with one attached hydrogen (secondary N) is 2. The van der Waals surface area contributed by atoms with Crippen LogP contribution >= 0.6 is 0 Å². The molecule has 1 heterocycles. The van der Waals surface area contributed by atoms with E-state index in [4.69, 9.17) is 0 Å². The Kier molecular flexibility index (Phi) is 7.34. The van der Waals surface area contributed by atoms with Gasteiger partial charge in [-0.1, -0.05) is 68.1 Å². The SMILES string of the molecule is CCCCCCNC(=O)/C(C#N)=C1\N=C(NC(=O)c2ccc(C)cc2)c2ccccc21. The zero-order valence-electron chi connectivity index (χ0n) is 17.9. The lowest BCUT2D eigenvalue weighted by atomic mass is 10.0. The van der Waals surface area contributed by atoms with Gasteiger partial charge in [0.2, 0.25) is 0 Å². The molecule has 2 amide bonds. The number of carbonyl (C=O) groups excluding carboxylic acids is 2. The first kappa shape index (κ1) is 22.0. The summed E-state index contributed by atoms with van der Waals surface area (Å²) in [6.07, 6.45) is 4.13. The number of carbonyl (C=O) groups is 2. The van der Waals surface area contributed by atoms with Gasteiger partial charge < -0.3 is 10.6 Å². The highest BCUT2D eigenvalue weighted by molar-refractivity contribution is 6.20. The number of amidine groups is 1. The predicted octanol–water partition coefficient (Wildman–Crippen LogP) is 4.12. The molecular weight excluding hydrogens is 388 g/mol. The molecule has 2 aromatic rings. The van der Waals surface area contributed by atoms with Crippen molar-refractivity contribution in [3.8, 4) is 6.07 Å². The first-order valence-electron chi connectivity index (χ1n) is 10.5. The number of amides is 2. The Hall–Kier alpha value is -3.72. The molecule has 0 aromatic heterocycles. The van der Waals surface area contributed by atoms with E-state index >= 15 is 0 Å². The zero-order chi connectivity index (χ0) is 22.2. The van der Waals surface area contributed by atoms with Gasteiger partial charge in [0.15, 0.2) is 0 Å². The maximum Gasteiger partial charge on any atom is 0.264 e. The maximum atomic E-state index is 12.7. The van der Waals surface area contributed by atoms with E-state index in [1.807, 2.05) is 43.3 Å². The largest absolute Gasteiger partial charge is 0.351 e. The topological polar surface area (TPSA) is 94.3 Å². The molecule has 6 nitrogen and oxygen atoms in total. The van der Waals surface area contributed by atoms with Crippen LogP contribution in [0.3, 0.4) is 0 Å². The van der Waals surface area contributed by atoms with Crippen LogP contribution in [0.15, 0.2) is 59.1 Å². The van der Waals surface area contributed by atoms with E-state index in [0.29, 0.717) is 29.1 Å². The molecule has 31 heavy (non-hydrogen) atoms. The molecule has 0 saturated carbocycles. The summed E-state index contributed by atoms with van der Waals surface area (Å²) in [4.78, 5) is 29.8. The number of aryl methyl sites for hydroxylation is 1. The second-order valence-corrected chi connectivity index (χ2v) is 7.48. The van der Waals surface area contributed by atoms with E-state index in [0.717, 1.165) is 31.2 Å². The smallest absolute Gasteiger partial charge is 0.264 e. The maximum absolute atomic E-state index is 12.7. The highest BCUT2D eigenvalue weighted by Gasteiger charge is 2.27. The summed E-state index contributed by atoms with van der Waals surface area (Å²) >= 11 is 0. The van der Waals surface area contributed by atoms with Crippen molar-refractivity contribution in [2.24, 2.45) is 4.99 Å². The Balaban J connectivity index is 1.85. The molecule has 0 spiro atoms. The van der Waals surface area contributed by atoms with Crippen LogP contribution < -0.4 is 10.6 Å². The first-order valence-corrected chi connectivity index (χ1v) is 10.5. The predicted molar refractivity (Wildman–Crippen MR) is 121 cm³/mol. The Morgan fingerprint density at radius 1 is 1.00 bits per heavy atom. The van der Waals surface area contributed by atoms with Gasteiger partial charge in [-0.15, -0.1) is 0 Å². The van der Waals surface area contributed by atoms with Crippen molar-refractivity contribution in [1.29, 1.82) is 5.26 Å². The lowest BCUT2D eigenvalue weighted by Crippen LogP contribution is -2.30. The Morgan fingerprint density at radius 2 is 1.71 bits per heavy atom. The molecule has 1 aliphatic rings. The molecule has 2 aromatic carbocycles. The molecular formula is C25H26N4O2. The van der Waals surface area contributed by atoms with Gasteiger partial charge >= 0.3 is 0 Å². The minimum absolute atomic E-state index is 0.0532. The number of hydrogen-bond acceptors (Lipinski definition) is 4. The molecule has 6 heteroatoms. The van der Waals surface area contributed by atoms with E-state index in [1.54, 1.807) is 18.2 Å². The second kappa shape index (κ2) is 10.4. The van der Waals surface area contributed by atoms with E-state index in [2.05, 4.69) is 22.5 Å². The molecule has 0 atom stereocenters. The number of aliphatic imine (C=N–C) groups is 1. The van der Waals surface area contributed by atoms with Crippen LogP contribution in [0.4, 0.5) is 0 Å². The summed E-state index contributed by atoms with van der Waals surface area (Å²) in [6, 6.07) is 16.5. The van der Waals surface area contributed by atoms with Crippen molar-refractivity contribution in [2.75, 3.05) is 6.54 Å². The third kappa shape index (κ3) is 5.26. The average molecular weight is 415 g/mol. The number of nitriles is 1. The molecule has 0 fully saturated rings. The van der Waals surface area contributed by atoms with Gasteiger partial charge in [-0.3, -0.25) is 9.59 Å². The molecule has 0 unspecified atom stereocenters. The van der Waals surface area contributed by atoms with Gasteiger partial charge in [0.05, 0.1) is 5.70 Å². The highest BCUT2D eigenvalue weighted by atomic mass is 16.2. The summed E-state index contributed by atoms with van der Waals surface area (Å²) in [6.45, 7) is 4.59. The Morgan fingerprint density at radius 3 is 2.39 bits per heavy atom. The molecule has 2 N–H and O–H groups in total. The molecule has 1 aliphatic heterocycles. The van der Waals surface area contributed by atoms with Crippen LogP contribution in [-0.4, -0.2) is 24.2 Å². The van der Waals surface area contributed by atoms with Crippen molar-refractivity contribution < 1.29 is 9.59 Å². The van der Waals surface area contributed by atoms with Crippen molar-refractivity contribution in [2.45, 2.75) is 39.5 Å². The molecule has 3 rings (SSSR count). The quantitative estimate of drug-likeness (QED) is 0.405. The Bertz CT molecular complexity index is 1080. The average Bonchev–Trinajstić information content (AvgIpc) is 3.13. The second-order valence-electron chi connectivity index (χ2n) is 7.48. The van der Waals surface area contributed by atoms with Gasteiger partial charge in [-0.2, -0.15) is 5.26 Å². The number of rotatable bonds is 7. The third-order valence-corrected chi connectivity index (χ3v) is 5.10. The minimum Gasteiger partial charge on any atom is -0.351 e. The Labute approximate surface area is 182 Å². The van der Waals surface area contributed by atoms with Crippen molar-refractivity contribution in [1.82, 2.24) is 10.6 Å². The van der Waals surface area contributed by atoms with Crippen LogP contribution in [0.25, 0.3) is 5.70 Å². The summed E-state index contributed by atoms with van der Waals surface area (Å²) in [5, 5.41) is 15.3. The molecule has 0 saturated heterocycles. The van der Waals surface area contributed by atoms with E-state index in [9.17, 15) is 14.9 Å². The fourth-order valence-electron chi connectivity index (χ4n) is 3.35. The summed E-state index contributed by atoms with van der Waals surface area (Å²) < 4.78 is 0. The first-order chi connectivity index (χ1) is 15.0. The molecule has 158 valence electrons. The summed E-state index contributed by atoms with van der Waals surface area (Å²) in [7, 11) is 0. The van der Waals surface area contributed by atoms with E-state index < -0.39 is 5.91 Å². The van der Waals surface area contributed by atoms with Crippen LogP contribution in [0.1, 0.15) is 59.7 Å². The normalized spacial score (nSPS) is 13.6. The molecule has 0 aliphatic carbocycles. The van der Waals surface area contributed by atoms with E-state index in [1.165, 1.54) is 0 Å². The summed E-state index contributed by atoms with van der Waals surface area (Å²) in [5.41, 5.74) is 3.13. The highest BCUT2D eigenvalue weighted by Crippen LogP contribution is 2.30. The monoisotopic (exact) mass is 414 g/mol. The van der Waals surface area contributed by atoms with Crippen LogP contribution in [-0.2, 0) is 4.79 Å². The molecule has 0 radical (unpaired) electrons. The number of benzene rings is 2. The third-order valence-electron chi connectivity index (χ3n) is 5.10. The van der Waals surface area contributed by atoms with Gasteiger partial charge in [-0.25, -0.2) is 4.99 Å². The lowest BCUT2D eigenvalue weighted by Gasteiger charge is -2.06. The number of unbranched alkanes of at least 4 members (excludes halogenated alkanes) is 3.